The van der Waals surface area contributed by atoms with Crippen molar-refractivity contribution in [2.75, 3.05) is 4.90 Å². The Morgan fingerprint density at radius 3 is 1.98 bits per heavy atom. The highest BCUT2D eigenvalue weighted by molar-refractivity contribution is 6.88. The van der Waals surface area contributed by atoms with E-state index in [2.05, 4.69) is 135 Å². The first-order chi connectivity index (χ1) is 20.3. The molecule has 206 valence electrons. The number of benzene rings is 5. The Morgan fingerprint density at radius 1 is 0.643 bits per heavy atom. The van der Waals surface area contributed by atoms with Gasteiger partial charge in [-0.3, -0.25) is 4.79 Å². The van der Waals surface area contributed by atoms with Gasteiger partial charge in [0.25, 0.3) is 0 Å². The van der Waals surface area contributed by atoms with E-state index in [4.69, 9.17) is 0 Å². The van der Waals surface area contributed by atoms with E-state index in [0.717, 1.165) is 24.1 Å². The first kappa shape index (κ1) is 25.5. The minimum atomic E-state index is -1.64. The molecule has 0 saturated heterocycles. The van der Waals surface area contributed by atoms with Crippen LogP contribution in [0.4, 0.5) is 17.1 Å². The molecule has 5 aromatic carbocycles. The number of anilines is 3. The van der Waals surface area contributed by atoms with E-state index in [1.807, 2.05) is 0 Å². The Kier molecular flexibility index (Phi) is 5.40. The van der Waals surface area contributed by atoms with Crippen molar-refractivity contribution >= 4 is 36.1 Å². The lowest BCUT2D eigenvalue weighted by atomic mass is 9.64. The molecule has 2 aliphatic carbocycles. The summed E-state index contributed by atoms with van der Waals surface area (Å²) in [5.41, 5.74) is 14.3. The smallest absolute Gasteiger partial charge is 0.163 e. The van der Waals surface area contributed by atoms with E-state index >= 15 is 0 Å². The van der Waals surface area contributed by atoms with E-state index in [1.54, 1.807) is 0 Å². The zero-order valence-corrected chi connectivity index (χ0v) is 25.8. The highest BCUT2D eigenvalue weighted by Gasteiger charge is 2.52. The molecular formula is C39H35NOSi. The molecule has 5 aromatic rings. The van der Waals surface area contributed by atoms with Crippen molar-refractivity contribution in [1.29, 1.82) is 0 Å². The maximum atomic E-state index is 13.1. The number of carbonyl (C=O) groups is 1. The van der Waals surface area contributed by atoms with Gasteiger partial charge in [0.15, 0.2) is 5.78 Å². The molecule has 3 heteroatoms. The standard InChI is InChI=1S/C39H35NOSi/c1-25-16-20-36-34(22-25)39(32-13-7-5-11-29(32)30-12-6-8-14-33(30)39)35-24-28(42(2,3)4)19-21-37(35)40(36)27-18-17-26-10-9-15-38(41)31(26)23-27/h5-8,11-14,16-24H,9-10,15H2,1-4H3. The van der Waals surface area contributed by atoms with Gasteiger partial charge in [-0.05, 0) is 83.0 Å². The highest BCUT2D eigenvalue weighted by Crippen LogP contribution is 2.63. The van der Waals surface area contributed by atoms with Crippen molar-refractivity contribution in [3.63, 3.8) is 0 Å². The molecule has 0 amide bonds. The molecule has 0 N–H and O–H groups in total. The summed E-state index contributed by atoms with van der Waals surface area (Å²) >= 11 is 0. The average molecular weight is 562 g/mol. The van der Waals surface area contributed by atoms with Crippen LogP contribution in [0.15, 0.2) is 103 Å². The molecule has 0 bridgehead atoms. The molecule has 0 aromatic heterocycles. The maximum Gasteiger partial charge on any atom is 0.163 e. The fourth-order valence-corrected chi connectivity index (χ4v) is 8.93. The molecule has 1 spiro atoms. The van der Waals surface area contributed by atoms with Gasteiger partial charge in [0.2, 0.25) is 0 Å². The number of aryl methyl sites for hydroxylation is 2. The van der Waals surface area contributed by atoms with Crippen molar-refractivity contribution < 1.29 is 4.79 Å². The molecule has 0 unspecified atom stereocenters. The largest absolute Gasteiger partial charge is 0.310 e. The molecule has 1 heterocycles. The first-order valence-electron chi connectivity index (χ1n) is 15.2. The molecule has 42 heavy (non-hydrogen) atoms. The molecule has 2 nitrogen and oxygen atoms in total. The van der Waals surface area contributed by atoms with E-state index in [-0.39, 0.29) is 5.78 Å². The van der Waals surface area contributed by atoms with Crippen LogP contribution in [0.2, 0.25) is 19.6 Å². The van der Waals surface area contributed by atoms with Crippen LogP contribution in [0.5, 0.6) is 0 Å². The number of carbonyl (C=O) groups excluding carboxylic acids is 1. The summed E-state index contributed by atoms with van der Waals surface area (Å²) in [4.78, 5) is 15.5. The van der Waals surface area contributed by atoms with Gasteiger partial charge in [-0.2, -0.15) is 0 Å². The number of ketones is 1. The molecule has 0 atom stereocenters. The zero-order chi connectivity index (χ0) is 28.8. The number of Topliss-reactive ketones (excluding diaryl/α,β-unsaturated/α-hetero) is 1. The van der Waals surface area contributed by atoms with Gasteiger partial charge in [0.1, 0.15) is 0 Å². The predicted molar refractivity (Wildman–Crippen MR) is 177 cm³/mol. The Hall–Kier alpha value is -4.21. The summed E-state index contributed by atoms with van der Waals surface area (Å²) in [6.07, 6.45) is 2.56. The van der Waals surface area contributed by atoms with Crippen LogP contribution in [-0.4, -0.2) is 13.9 Å². The minimum absolute atomic E-state index is 0.267. The van der Waals surface area contributed by atoms with Crippen LogP contribution in [-0.2, 0) is 11.8 Å². The van der Waals surface area contributed by atoms with Gasteiger partial charge < -0.3 is 4.90 Å². The summed E-state index contributed by atoms with van der Waals surface area (Å²) < 4.78 is 0. The minimum Gasteiger partial charge on any atom is -0.310 e. The van der Waals surface area contributed by atoms with Gasteiger partial charge in [0.05, 0.1) is 24.9 Å². The number of fused-ring (bicyclic) bond motifs is 10. The topological polar surface area (TPSA) is 20.3 Å². The third-order valence-electron chi connectivity index (χ3n) is 9.76. The van der Waals surface area contributed by atoms with E-state index in [0.29, 0.717) is 6.42 Å². The lowest BCUT2D eigenvalue weighted by Gasteiger charge is -2.46. The molecule has 3 aliphatic rings. The van der Waals surface area contributed by atoms with Gasteiger partial charge in [-0.15, -0.1) is 0 Å². The van der Waals surface area contributed by atoms with E-state index in [9.17, 15) is 4.79 Å². The van der Waals surface area contributed by atoms with Crippen molar-refractivity contribution in [3.05, 3.63) is 142 Å². The SMILES string of the molecule is Cc1ccc2c(c1)C1(c3ccccc3-c3ccccc31)c1cc([Si](C)(C)C)ccc1N2c1ccc2c(c1)C(=O)CCC2. The van der Waals surface area contributed by atoms with Crippen LogP contribution < -0.4 is 10.1 Å². The van der Waals surface area contributed by atoms with E-state index in [1.165, 1.54) is 61.1 Å². The zero-order valence-electron chi connectivity index (χ0n) is 24.8. The summed E-state index contributed by atoms with van der Waals surface area (Å²) in [6.45, 7) is 9.51. The van der Waals surface area contributed by atoms with Crippen LogP contribution >= 0.6 is 0 Å². The van der Waals surface area contributed by atoms with Crippen LogP contribution in [0, 0.1) is 6.92 Å². The quantitative estimate of drug-likeness (QED) is 0.196. The fourth-order valence-electron chi connectivity index (χ4n) is 7.77. The lowest BCUT2D eigenvalue weighted by Crippen LogP contribution is -2.42. The molecule has 1 aliphatic heterocycles. The molecule has 8 rings (SSSR count). The second kappa shape index (κ2) is 8.89. The monoisotopic (exact) mass is 561 g/mol. The fraction of sp³-hybridized carbons (Fsp3) is 0.205. The Morgan fingerprint density at radius 2 is 1.29 bits per heavy atom. The van der Waals surface area contributed by atoms with E-state index < -0.39 is 13.5 Å². The second-order valence-corrected chi connectivity index (χ2v) is 18.4. The molecule has 0 radical (unpaired) electrons. The summed E-state index contributed by atoms with van der Waals surface area (Å²) in [5, 5.41) is 1.46. The highest BCUT2D eigenvalue weighted by atomic mass is 28.3. The normalized spacial score (nSPS) is 16.0. The van der Waals surface area contributed by atoms with Crippen LogP contribution in [0.25, 0.3) is 11.1 Å². The summed E-state index contributed by atoms with van der Waals surface area (Å²) in [5.74, 6) is 0.267. The first-order valence-corrected chi connectivity index (χ1v) is 18.7. The van der Waals surface area contributed by atoms with Crippen molar-refractivity contribution in [2.45, 2.75) is 51.2 Å². The number of hydrogen-bond donors (Lipinski definition) is 0. The van der Waals surface area contributed by atoms with Crippen LogP contribution in [0.1, 0.15) is 56.6 Å². The second-order valence-electron chi connectivity index (χ2n) is 13.3. The maximum absolute atomic E-state index is 13.1. The summed E-state index contributed by atoms with van der Waals surface area (Å²) in [6, 6.07) is 38.8. The molecule has 0 saturated carbocycles. The lowest BCUT2D eigenvalue weighted by molar-refractivity contribution is 0.0972. The Bertz CT molecular complexity index is 1900. The third kappa shape index (κ3) is 3.40. The van der Waals surface area contributed by atoms with Gasteiger partial charge in [0, 0.05) is 17.7 Å². The number of rotatable bonds is 2. The average Bonchev–Trinajstić information content (AvgIpc) is 3.28. The van der Waals surface area contributed by atoms with Gasteiger partial charge in [-0.25, -0.2) is 0 Å². The van der Waals surface area contributed by atoms with Crippen molar-refractivity contribution in [2.24, 2.45) is 0 Å². The van der Waals surface area contributed by atoms with Gasteiger partial charge >= 0.3 is 0 Å². The Balaban J connectivity index is 1.52. The van der Waals surface area contributed by atoms with Crippen LogP contribution in [0.3, 0.4) is 0 Å². The van der Waals surface area contributed by atoms with Gasteiger partial charge in [-0.1, -0.05) is 109 Å². The predicted octanol–water partition coefficient (Wildman–Crippen LogP) is 9.21. The Labute approximate surface area is 249 Å². The number of hydrogen-bond acceptors (Lipinski definition) is 2. The third-order valence-corrected chi connectivity index (χ3v) is 11.8. The summed E-state index contributed by atoms with van der Waals surface area (Å²) in [7, 11) is -1.64. The molecule has 0 fully saturated rings. The van der Waals surface area contributed by atoms with Crippen molar-refractivity contribution in [1.82, 2.24) is 0 Å². The number of nitrogens with zero attached hydrogens (tertiary/aromatic N) is 1. The van der Waals surface area contributed by atoms with Crippen molar-refractivity contribution in [3.8, 4) is 11.1 Å². The molecular weight excluding hydrogens is 527 g/mol.